The number of piperazine rings is 1. The molecule has 0 bridgehead atoms. The van der Waals surface area contributed by atoms with Crippen LogP contribution in [0.4, 0.5) is 5.69 Å². The number of rotatable bonds is 8. The van der Waals surface area contributed by atoms with Crippen molar-refractivity contribution in [1.29, 1.82) is 0 Å². The fraction of sp³-hybridized carbons (Fsp3) is 0.731. The van der Waals surface area contributed by atoms with E-state index >= 15 is 0 Å². The first-order valence-corrected chi connectivity index (χ1v) is 12.1. The van der Waals surface area contributed by atoms with Gasteiger partial charge in [0.05, 0.1) is 12.8 Å². The Labute approximate surface area is 189 Å². The van der Waals surface area contributed by atoms with Crippen molar-refractivity contribution in [3.05, 3.63) is 24.3 Å². The number of methoxy groups -OCH3 is 1. The van der Waals surface area contributed by atoms with E-state index in [0.717, 1.165) is 64.4 Å². The summed E-state index contributed by atoms with van der Waals surface area (Å²) in [5.74, 6) is 1.31. The van der Waals surface area contributed by atoms with Gasteiger partial charge in [0.2, 0.25) is 5.91 Å². The average molecular weight is 430 g/mol. The lowest BCUT2D eigenvalue weighted by Crippen LogP contribution is -2.46. The lowest BCUT2D eigenvalue weighted by atomic mass is 9.74. The first-order chi connectivity index (χ1) is 14.7. The van der Waals surface area contributed by atoms with Crippen LogP contribution in [0.25, 0.3) is 0 Å². The zero-order valence-corrected chi connectivity index (χ0v) is 20.5. The normalized spacial score (nSPS) is 21.8. The third-order valence-corrected chi connectivity index (χ3v) is 6.76. The van der Waals surface area contributed by atoms with Crippen LogP contribution in [0.3, 0.4) is 0 Å². The number of likely N-dealkylation sites (tertiary alicyclic amines) is 1. The van der Waals surface area contributed by atoms with E-state index in [2.05, 4.69) is 54.5 Å². The minimum absolute atomic E-state index is 0.112. The highest BCUT2D eigenvalue weighted by Crippen LogP contribution is 2.40. The van der Waals surface area contributed by atoms with E-state index in [1.807, 2.05) is 12.1 Å². The summed E-state index contributed by atoms with van der Waals surface area (Å²) in [4.78, 5) is 19.9. The Kier molecular flexibility index (Phi) is 7.90. The van der Waals surface area contributed by atoms with Gasteiger partial charge in [-0.05, 0) is 48.8 Å². The van der Waals surface area contributed by atoms with Crippen LogP contribution in [0.1, 0.15) is 59.8 Å². The second-order valence-corrected chi connectivity index (χ2v) is 11.1. The van der Waals surface area contributed by atoms with E-state index in [1.54, 1.807) is 7.11 Å². The van der Waals surface area contributed by atoms with Gasteiger partial charge in [-0.3, -0.25) is 9.69 Å². The topological polar surface area (TPSA) is 36.0 Å². The number of ether oxygens (including phenoxy) is 1. The monoisotopic (exact) mass is 429 g/mol. The molecule has 174 valence electrons. The number of para-hydroxylation sites is 2. The summed E-state index contributed by atoms with van der Waals surface area (Å²) in [7, 11) is 1.75. The SMILES string of the molecule is COc1ccccc1N1CCN(CCCCCN2CC(C)(C)CC(C)(C)CC2=O)CC1. The van der Waals surface area contributed by atoms with E-state index in [4.69, 9.17) is 4.74 Å². The Bertz CT molecular complexity index is 723. The first kappa shape index (κ1) is 23.9. The van der Waals surface area contributed by atoms with Gasteiger partial charge in [0.25, 0.3) is 0 Å². The Morgan fingerprint density at radius 2 is 1.58 bits per heavy atom. The molecule has 1 aromatic carbocycles. The maximum absolute atomic E-state index is 12.7. The van der Waals surface area contributed by atoms with E-state index in [1.165, 1.54) is 18.5 Å². The lowest BCUT2D eigenvalue weighted by molar-refractivity contribution is -0.132. The number of anilines is 1. The van der Waals surface area contributed by atoms with Crippen LogP contribution in [0.15, 0.2) is 24.3 Å². The number of amides is 1. The smallest absolute Gasteiger partial charge is 0.223 e. The third kappa shape index (κ3) is 6.86. The number of carbonyl (C=O) groups is 1. The summed E-state index contributed by atoms with van der Waals surface area (Å²) in [6.45, 7) is 16.4. The zero-order valence-electron chi connectivity index (χ0n) is 20.5. The highest BCUT2D eigenvalue weighted by Gasteiger charge is 2.37. The Morgan fingerprint density at radius 3 is 2.29 bits per heavy atom. The van der Waals surface area contributed by atoms with Crippen molar-refractivity contribution in [2.75, 3.05) is 57.8 Å². The molecule has 0 atom stereocenters. The predicted molar refractivity (Wildman–Crippen MR) is 129 cm³/mol. The predicted octanol–water partition coefficient (Wildman–Crippen LogP) is 4.66. The first-order valence-electron chi connectivity index (χ1n) is 12.1. The Balaban J connectivity index is 1.36. The summed E-state index contributed by atoms with van der Waals surface area (Å²) in [6.07, 6.45) is 5.32. The largest absolute Gasteiger partial charge is 0.495 e. The molecule has 5 nitrogen and oxygen atoms in total. The van der Waals surface area contributed by atoms with Crippen molar-refractivity contribution in [2.45, 2.75) is 59.8 Å². The molecule has 2 fully saturated rings. The number of benzene rings is 1. The molecule has 0 unspecified atom stereocenters. The van der Waals surface area contributed by atoms with E-state index < -0.39 is 0 Å². The molecule has 0 N–H and O–H groups in total. The van der Waals surface area contributed by atoms with Crippen LogP contribution >= 0.6 is 0 Å². The molecule has 3 rings (SSSR count). The minimum Gasteiger partial charge on any atom is -0.495 e. The van der Waals surface area contributed by atoms with Gasteiger partial charge in [0, 0.05) is 45.7 Å². The van der Waals surface area contributed by atoms with Gasteiger partial charge < -0.3 is 14.5 Å². The summed E-state index contributed by atoms with van der Waals surface area (Å²) >= 11 is 0. The van der Waals surface area contributed by atoms with Crippen LogP contribution < -0.4 is 9.64 Å². The molecule has 0 radical (unpaired) electrons. The summed E-state index contributed by atoms with van der Waals surface area (Å²) < 4.78 is 5.52. The van der Waals surface area contributed by atoms with Gasteiger partial charge >= 0.3 is 0 Å². The van der Waals surface area contributed by atoms with Gasteiger partial charge in [-0.2, -0.15) is 0 Å². The quantitative estimate of drug-likeness (QED) is 0.563. The molecule has 2 saturated heterocycles. The molecule has 0 aliphatic carbocycles. The third-order valence-electron chi connectivity index (χ3n) is 6.76. The van der Waals surface area contributed by atoms with Gasteiger partial charge in [-0.25, -0.2) is 0 Å². The van der Waals surface area contributed by atoms with Crippen molar-refractivity contribution in [3.8, 4) is 5.75 Å². The van der Waals surface area contributed by atoms with Crippen molar-refractivity contribution in [3.63, 3.8) is 0 Å². The summed E-state index contributed by atoms with van der Waals surface area (Å²) in [5, 5.41) is 0. The Morgan fingerprint density at radius 1 is 0.903 bits per heavy atom. The molecular weight excluding hydrogens is 386 g/mol. The van der Waals surface area contributed by atoms with Gasteiger partial charge in [-0.1, -0.05) is 46.2 Å². The second-order valence-electron chi connectivity index (χ2n) is 11.1. The Hall–Kier alpha value is -1.75. The molecule has 1 amide bonds. The molecule has 1 aromatic rings. The molecule has 31 heavy (non-hydrogen) atoms. The van der Waals surface area contributed by atoms with Gasteiger partial charge in [-0.15, -0.1) is 0 Å². The van der Waals surface area contributed by atoms with Crippen molar-refractivity contribution >= 4 is 11.6 Å². The van der Waals surface area contributed by atoms with Gasteiger partial charge in [0.15, 0.2) is 0 Å². The average Bonchev–Trinajstić information content (AvgIpc) is 2.79. The molecular formula is C26H43N3O2. The highest BCUT2D eigenvalue weighted by atomic mass is 16.5. The molecule has 2 aliphatic rings. The van der Waals surface area contributed by atoms with E-state index in [-0.39, 0.29) is 10.8 Å². The molecule has 0 spiro atoms. The summed E-state index contributed by atoms with van der Waals surface area (Å²) in [5.41, 5.74) is 1.52. The van der Waals surface area contributed by atoms with E-state index in [9.17, 15) is 4.79 Å². The number of nitrogens with zero attached hydrogens (tertiary/aromatic N) is 3. The maximum Gasteiger partial charge on any atom is 0.223 e. The standard InChI is InChI=1S/C26H43N3O2/c1-25(2)19-24(30)29(21-26(3,4)20-25)14-10-6-9-13-27-15-17-28(18-16-27)22-11-7-8-12-23(22)31-5/h7-8,11-12H,6,9-10,13-21H2,1-5H3. The molecule has 0 saturated carbocycles. The second kappa shape index (κ2) is 10.2. The minimum atomic E-state index is 0.112. The molecule has 2 aliphatic heterocycles. The van der Waals surface area contributed by atoms with Crippen LogP contribution in [0, 0.1) is 10.8 Å². The maximum atomic E-state index is 12.7. The molecule has 0 aromatic heterocycles. The fourth-order valence-electron chi connectivity index (χ4n) is 5.66. The lowest BCUT2D eigenvalue weighted by Gasteiger charge is -2.36. The van der Waals surface area contributed by atoms with Crippen LogP contribution in [0.5, 0.6) is 5.75 Å². The summed E-state index contributed by atoms with van der Waals surface area (Å²) in [6, 6.07) is 8.31. The molecule has 5 heteroatoms. The number of carbonyl (C=O) groups excluding carboxylic acids is 1. The van der Waals surface area contributed by atoms with Gasteiger partial charge in [0.1, 0.15) is 5.75 Å². The number of hydrogen-bond donors (Lipinski definition) is 0. The zero-order chi connectivity index (χ0) is 22.5. The number of hydrogen-bond acceptors (Lipinski definition) is 4. The highest BCUT2D eigenvalue weighted by molar-refractivity contribution is 5.77. The van der Waals surface area contributed by atoms with Crippen molar-refractivity contribution in [2.24, 2.45) is 10.8 Å². The van der Waals surface area contributed by atoms with Crippen molar-refractivity contribution in [1.82, 2.24) is 9.80 Å². The molecule has 2 heterocycles. The van der Waals surface area contributed by atoms with Crippen LogP contribution in [-0.2, 0) is 4.79 Å². The van der Waals surface area contributed by atoms with Crippen molar-refractivity contribution < 1.29 is 9.53 Å². The van der Waals surface area contributed by atoms with Crippen LogP contribution in [-0.4, -0.2) is 68.6 Å². The van der Waals surface area contributed by atoms with E-state index in [0.29, 0.717) is 12.3 Å². The fourth-order valence-corrected chi connectivity index (χ4v) is 5.66. The number of unbranched alkanes of at least 4 members (excludes halogenated alkanes) is 2. The van der Waals surface area contributed by atoms with Crippen LogP contribution in [0.2, 0.25) is 0 Å².